The fraction of sp³-hybridized carbons (Fsp3) is 0.0952. The average molecular weight is 433 g/mol. The molecule has 8 heteroatoms. The lowest BCUT2D eigenvalue weighted by Gasteiger charge is -2.29. The van der Waals surface area contributed by atoms with E-state index in [2.05, 4.69) is 0 Å². The topological polar surface area (TPSA) is 80.5 Å². The number of nitrogens with zero attached hydrogens (tertiary/aromatic N) is 1. The van der Waals surface area contributed by atoms with Gasteiger partial charge in [0.1, 0.15) is 11.9 Å². The molecule has 0 radical (unpaired) electrons. The minimum Gasteiger partial charge on any atom is -0.368 e. The van der Waals surface area contributed by atoms with Gasteiger partial charge in [-0.2, -0.15) is 4.31 Å². The lowest BCUT2D eigenvalue weighted by Crippen LogP contribution is -2.41. The van der Waals surface area contributed by atoms with E-state index in [-0.39, 0.29) is 11.4 Å². The molecule has 2 N–H and O–H groups in total. The third kappa shape index (κ3) is 4.82. The summed E-state index contributed by atoms with van der Waals surface area (Å²) in [6.45, 7) is -0.173. The Morgan fingerprint density at radius 2 is 1.55 bits per heavy atom. The number of hydrogen-bond acceptors (Lipinski definition) is 3. The van der Waals surface area contributed by atoms with Crippen molar-refractivity contribution in [2.24, 2.45) is 5.73 Å². The van der Waals surface area contributed by atoms with Crippen molar-refractivity contribution >= 4 is 27.5 Å². The highest BCUT2D eigenvalue weighted by molar-refractivity contribution is 7.89. The summed E-state index contributed by atoms with van der Waals surface area (Å²) in [5, 5.41) is 0.378. The van der Waals surface area contributed by atoms with Crippen LogP contribution in [-0.4, -0.2) is 18.6 Å². The largest absolute Gasteiger partial charge is 0.368 e. The van der Waals surface area contributed by atoms with Crippen LogP contribution in [0.5, 0.6) is 0 Å². The molecule has 0 bridgehead atoms. The van der Waals surface area contributed by atoms with Gasteiger partial charge in [0.25, 0.3) is 0 Å². The highest BCUT2D eigenvalue weighted by atomic mass is 35.5. The Labute approximate surface area is 173 Å². The molecule has 1 unspecified atom stereocenters. The number of primary amides is 1. The van der Waals surface area contributed by atoms with Gasteiger partial charge in [0, 0.05) is 11.6 Å². The van der Waals surface area contributed by atoms with E-state index in [4.69, 9.17) is 17.3 Å². The maximum absolute atomic E-state index is 13.4. The molecule has 1 atom stereocenters. The highest BCUT2D eigenvalue weighted by Crippen LogP contribution is 2.30. The summed E-state index contributed by atoms with van der Waals surface area (Å²) in [5.74, 6) is -1.27. The molecule has 3 rings (SSSR count). The van der Waals surface area contributed by atoms with Crippen LogP contribution in [0.25, 0.3) is 0 Å². The molecule has 0 spiro atoms. The van der Waals surface area contributed by atoms with Crippen LogP contribution in [0.4, 0.5) is 4.39 Å². The first-order valence-corrected chi connectivity index (χ1v) is 10.5. The van der Waals surface area contributed by atoms with Crippen molar-refractivity contribution in [3.8, 4) is 0 Å². The summed E-state index contributed by atoms with van der Waals surface area (Å²) in [4.78, 5) is 12.3. The summed E-state index contributed by atoms with van der Waals surface area (Å²) in [6, 6.07) is 18.1. The lowest BCUT2D eigenvalue weighted by molar-refractivity contribution is -0.122. The van der Waals surface area contributed by atoms with Crippen LogP contribution in [0.2, 0.25) is 5.02 Å². The SMILES string of the molecule is NC(=O)C(c1ccccc1)N(Cc1ccc(F)cc1)S(=O)(=O)c1ccc(Cl)cc1. The van der Waals surface area contributed by atoms with Crippen LogP contribution in [-0.2, 0) is 21.4 Å². The highest BCUT2D eigenvalue weighted by Gasteiger charge is 2.36. The van der Waals surface area contributed by atoms with Crippen molar-refractivity contribution in [3.63, 3.8) is 0 Å². The van der Waals surface area contributed by atoms with Crippen molar-refractivity contribution in [2.45, 2.75) is 17.5 Å². The number of hydrogen-bond donors (Lipinski definition) is 1. The Morgan fingerprint density at radius 1 is 0.966 bits per heavy atom. The lowest BCUT2D eigenvalue weighted by atomic mass is 10.1. The molecule has 29 heavy (non-hydrogen) atoms. The van der Waals surface area contributed by atoms with Gasteiger partial charge in [-0.3, -0.25) is 4.79 Å². The van der Waals surface area contributed by atoms with Gasteiger partial charge in [-0.1, -0.05) is 54.1 Å². The molecule has 0 aliphatic heterocycles. The smallest absolute Gasteiger partial charge is 0.244 e. The predicted molar refractivity (Wildman–Crippen MR) is 109 cm³/mol. The molecule has 0 fully saturated rings. The third-order valence-corrected chi connectivity index (χ3v) is 6.42. The molecule has 0 saturated heterocycles. The van der Waals surface area contributed by atoms with Gasteiger partial charge < -0.3 is 5.73 Å². The van der Waals surface area contributed by atoms with Crippen LogP contribution in [0, 0.1) is 5.82 Å². The van der Waals surface area contributed by atoms with Gasteiger partial charge in [0.15, 0.2) is 0 Å². The summed E-state index contributed by atoms with van der Waals surface area (Å²) < 4.78 is 41.2. The van der Waals surface area contributed by atoms with Crippen molar-refractivity contribution in [2.75, 3.05) is 0 Å². The second-order valence-electron chi connectivity index (χ2n) is 6.35. The first-order valence-electron chi connectivity index (χ1n) is 8.65. The summed E-state index contributed by atoms with van der Waals surface area (Å²) in [5.41, 5.74) is 6.56. The van der Waals surface area contributed by atoms with Crippen molar-refractivity contribution in [3.05, 3.63) is 101 Å². The number of carbonyl (C=O) groups excluding carboxylic acids is 1. The Bertz CT molecular complexity index is 1090. The quantitative estimate of drug-likeness (QED) is 0.614. The van der Waals surface area contributed by atoms with Gasteiger partial charge in [-0.05, 0) is 47.5 Å². The molecule has 0 aromatic heterocycles. The maximum atomic E-state index is 13.4. The molecule has 0 aliphatic rings. The number of halogens is 2. The van der Waals surface area contributed by atoms with Crippen LogP contribution in [0.15, 0.2) is 83.8 Å². The number of rotatable bonds is 7. The molecule has 0 aliphatic carbocycles. The van der Waals surface area contributed by atoms with Crippen molar-refractivity contribution in [1.29, 1.82) is 0 Å². The third-order valence-electron chi connectivity index (χ3n) is 4.34. The number of sulfonamides is 1. The van der Waals surface area contributed by atoms with E-state index in [1.54, 1.807) is 30.3 Å². The first kappa shape index (κ1) is 21.0. The Kier molecular flexibility index (Phi) is 6.32. The van der Waals surface area contributed by atoms with E-state index in [0.29, 0.717) is 16.1 Å². The maximum Gasteiger partial charge on any atom is 0.244 e. The molecule has 3 aromatic carbocycles. The molecule has 1 amide bonds. The van der Waals surface area contributed by atoms with E-state index >= 15 is 0 Å². The fourth-order valence-corrected chi connectivity index (χ4v) is 4.63. The van der Waals surface area contributed by atoms with E-state index in [1.807, 2.05) is 0 Å². The standard InChI is InChI=1S/C21H18ClFN2O3S/c22-17-8-12-19(13-9-17)29(27,28)25(14-15-6-10-18(23)11-7-15)20(21(24)26)16-4-2-1-3-5-16/h1-13,20H,14H2,(H2,24,26). The molecular formula is C21H18ClFN2O3S. The van der Waals surface area contributed by atoms with Crippen molar-refractivity contribution < 1.29 is 17.6 Å². The van der Waals surface area contributed by atoms with E-state index in [9.17, 15) is 17.6 Å². The molecule has 3 aromatic rings. The number of carbonyl (C=O) groups is 1. The second-order valence-corrected chi connectivity index (χ2v) is 8.67. The zero-order valence-corrected chi connectivity index (χ0v) is 16.8. The number of benzene rings is 3. The molecular weight excluding hydrogens is 415 g/mol. The van der Waals surface area contributed by atoms with E-state index < -0.39 is 27.8 Å². The number of nitrogens with two attached hydrogens (primary N) is 1. The average Bonchev–Trinajstić information content (AvgIpc) is 2.70. The monoisotopic (exact) mass is 432 g/mol. The molecule has 5 nitrogen and oxygen atoms in total. The van der Waals surface area contributed by atoms with Gasteiger partial charge in [-0.25, -0.2) is 12.8 Å². The van der Waals surface area contributed by atoms with E-state index in [1.165, 1.54) is 48.5 Å². The fourth-order valence-electron chi connectivity index (χ4n) is 2.93. The molecule has 0 saturated carbocycles. The predicted octanol–water partition coefficient (Wildman–Crippen LogP) is 3.90. The van der Waals surface area contributed by atoms with Crippen LogP contribution < -0.4 is 5.73 Å². The minimum absolute atomic E-state index is 0.0359. The van der Waals surface area contributed by atoms with Gasteiger partial charge in [0.05, 0.1) is 4.90 Å². The van der Waals surface area contributed by atoms with Gasteiger partial charge in [0.2, 0.25) is 15.9 Å². The van der Waals surface area contributed by atoms with E-state index in [0.717, 1.165) is 4.31 Å². The Balaban J connectivity index is 2.13. The van der Waals surface area contributed by atoms with Crippen LogP contribution >= 0.6 is 11.6 Å². The number of amides is 1. The zero-order chi connectivity index (χ0) is 21.0. The first-order chi connectivity index (χ1) is 13.8. The Hall–Kier alpha value is -2.74. The van der Waals surface area contributed by atoms with Crippen LogP contribution in [0.3, 0.4) is 0 Å². The molecule has 150 valence electrons. The zero-order valence-electron chi connectivity index (χ0n) is 15.2. The summed E-state index contributed by atoms with van der Waals surface area (Å²) >= 11 is 5.88. The van der Waals surface area contributed by atoms with Gasteiger partial charge in [-0.15, -0.1) is 0 Å². The summed E-state index contributed by atoms with van der Waals surface area (Å²) in [7, 11) is -4.14. The Morgan fingerprint density at radius 3 is 2.10 bits per heavy atom. The normalized spacial score (nSPS) is 12.7. The second kappa shape index (κ2) is 8.73. The molecule has 0 heterocycles. The van der Waals surface area contributed by atoms with Gasteiger partial charge >= 0.3 is 0 Å². The van der Waals surface area contributed by atoms with Crippen molar-refractivity contribution in [1.82, 2.24) is 4.31 Å². The van der Waals surface area contributed by atoms with Crippen LogP contribution in [0.1, 0.15) is 17.2 Å². The summed E-state index contributed by atoms with van der Waals surface area (Å²) in [6.07, 6.45) is 0. The minimum atomic E-state index is -4.14.